The summed E-state index contributed by atoms with van der Waals surface area (Å²) in [5.74, 6) is 0.116. The van der Waals surface area contributed by atoms with E-state index in [1.165, 1.54) is 0 Å². The fourth-order valence-electron chi connectivity index (χ4n) is 3.42. The molecule has 2 aliphatic rings. The normalized spacial score (nSPS) is 20.0. The van der Waals surface area contributed by atoms with E-state index in [4.69, 9.17) is 5.26 Å². The van der Waals surface area contributed by atoms with E-state index in [1.54, 1.807) is 17.2 Å². The van der Waals surface area contributed by atoms with Gasteiger partial charge >= 0.3 is 0 Å². The van der Waals surface area contributed by atoms with Gasteiger partial charge in [-0.2, -0.15) is 5.26 Å². The van der Waals surface area contributed by atoms with Gasteiger partial charge in [0.25, 0.3) is 5.91 Å². The van der Waals surface area contributed by atoms with E-state index >= 15 is 0 Å². The highest BCUT2D eigenvalue weighted by atomic mass is 16.2. The average molecular weight is 329 g/mol. The molecule has 2 saturated heterocycles. The van der Waals surface area contributed by atoms with Gasteiger partial charge in [0.05, 0.1) is 11.6 Å². The quantitative estimate of drug-likeness (QED) is 0.883. The van der Waals surface area contributed by atoms with Gasteiger partial charge in [0.15, 0.2) is 0 Å². The van der Waals surface area contributed by atoms with Crippen LogP contribution in [0.3, 0.4) is 0 Å². The van der Waals surface area contributed by atoms with Crippen LogP contribution in [0.5, 0.6) is 0 Å². The first kappa shape index (κ1) is 16.5. The molecule has 0 aliphatic carbocycles. The number of H-pyrrole nitrogens is 1. The number of aromatic nitrogens is 1. The van der Waals surface area contributed by atoms with Gasteiger partial charge in [-0.3, -0.25) is 14.5 Å². The Bertz CT molecular complexity index is 648. The number of aromatic amines is 1. The summed E-state index contributed by atoms with van der Waals surface area (Å²) >= 11 is 0. The Labute approximate surface area is 141 Å². The van der Waals surface area contributed by atoms with Crippen LogP contribution in [0.1, 0.15) is 35.8 Å². The van der Waals surface area contributed by atoms with Crippen molar-refractivity contribution in [1.29, 1.82) is 5.26 Å². The Hall–Kier alpha value is -2.33. The van der Waals surface area contributed by atoms with E-state index in [9.17, 15) is 9.59 Å². The third kappa shape index (κ3) is 3.29. The van der Waals surface area contributed by atoms with Gasteiger partial charge in [-0.1, -0.05) is 0 Å². The molecule has 128 valence electrons. The Balaban J connectivity index is 1.54. The monoisotopic (exact) mass is 329 g/mol. The van der Waals surface area contributed by atoms with E-state index in [-0.39, 0.29) is 17.9 Å². The molecule has 2 amide bonds. The van der Waals surface area contributed by atoms with Crippen molar-refractivity contribution in [3.8, 4) is 6.07 Å². The number of hydrogen-bond acceptors (Lipinski definition) is 4. The van der Waals surface area contributed by atoms with Crippen LogP contribution in [0.25, 0.3) is 0 Å². The minimum absolute atomic E-state index is 0.0883. The number of nitriles is 1. The summed E-state index contributed by atoms with van der Waals surface area (Å²) in [4.78, 5) is 33.7. The van der Waals surface area contributed by atoms with E-state index in [0.29, 0.717) is 37.4 Å². The third-order valence-electron chi connectivity index (χ3n) is 4.97. The van der Waals surface area contributed by atoms with Gasteiger partial charge < -0.3 is 14.8 Å². The van der Waals surface area contributed by atoms with E-state index < -0.39 is 0 Å². The number of nitrogens with one attached hydrogen (secondary N) is 1. The molecule has 0 aromatic carbocycles. The number of rotatable bonds is 3. The fraction of sp³-hybridized carbons (Fsp3) is 0.588. The van der Waals surface area contributed by atoms with Gasteiger partial charge in [-0.25, -0.2) is 0 Å². The van der Waals surface area contributed by atoms with Gasteiger partial charge in [-0.15, -0.1) is 0 Å². The smallest absolute Gasteiger partial charge is 0.270 e. The minimum atomic E-state index is -0.129. The summed E-state index contributed by atoms with van der Waals surface area (Å²) in [5, 5.41) is 8.84. The Kier molecular flexibility index (Phi) is 4.86. The molecule has 1 N–H and O–H groups in total. The second kappa shape index (κ2) is 7.05. The van der Waals surface area contributed by atoms with E-state index in [0.717, 1.165) is 25.9 Å². The van der Waals surface area contributed by atoms with Crippen molar-refractivity contribution in [3.63, 3.8) is 0 Å². The second-order valence-electron chi connectivity index (χ2n) is 6.45. The van der Waals surface area contributed by atoms with Gasteiger partial charge in [-0.05, 0) is 25.8 Å². The van der Waals surface area contributed by atoms with Crippen molar-refractivity contribution in [2.24, 2.45) is 0 Å². The molecule has 1 aromatic heterocycles. The van der Waals surface area contributed by atoms with Crippen molar-refractivity contribution in [2.75, 3.05) is 39.3 Å². The Morgan fingerprint density at radius 2 is 1.79 bits per heavy atom. The van der Waals surface area contributed by atoms with Crippen LogP contribution in [0.2, 0.25) is 0 Å². The molecule has 2 fully saturated rings. The predicted molar refractivity (Wildman–Crippen MR) is 88.3 cm³/mol. The van der Waals surface area contributed by atoms with Crippen molar-refractivity contribution in [2.45, 2.75) is 25.8 Å². The van der Waals surface area contributed by atoms with E-state index in [1.807, 2.05) is 17.9 Å². The van der Waals surface area contributed by atoms with Crippen LogP contribution in [0.4, 0.5) is 0 Å². The summed E-state index contributed by atoms with van der Waals surface area (Å²) in [6, 6.07) is 3.46. The lowest BCUT2D eigenvalue weighted by atomic mass is 10.2. The zero-order valence-corrected chi connectivity index (χ0v) is 14.0. The van der Waals surface area contributed by atoms with Crippen LogP contribution in [0.15, 0.2) is 12.3 Å². The highest BCUT2D eigenvalue weighted by molar-refractivity contribution is 5.93. The molecular weight excluding hydrogens is 306 g/mol. The number of likely N-dealkylation sites (tertiary alicyclic amines) is 1. The third-order valence-corrected chi connectivity index (χ3v) is 4.97. The molecule has 3 rings (SSSR count). The van der Waals surface area contributed by atoms with E-state index in [2.05, 4.69) is 9.88 Å². The van der Waals surface area contributed by atoms with Crippen molar-refractivity contribution < 1.29 is 9.59 Å². The highest BCUT2D eigenvalue weighted by Crippen LogP contribution is 2.15. The van der Waals surface area contributed by atoms with Crippen LogP contribution < -0.4 is 0 Å². The number of amides is 2. The lowest BCUT2D eigenvalue weighted by Crippen LogP contribution is -2.55. The van der Waals surface area contributed by atoms with Gasteiger partial charge in [0, 0.05) is 45.5 Å². The maximum Gasteiger partial charge on any atom is 0.270 e. The molecule has 24 heavy (non-hydrogen) atoms. The molecule has 1 unspecified atom stereocenters. The number of carbonyl (C=O) groups excluding carboxylic acids is 2. The van der Waals surface area contributed by atoms with Crippen molar-refractivity contribution >= 4 is 11.8 Å². The molecule has 0 spiro atoms. The molecule has 0 radical (unpaired) electrons. The lowest BCUT2D eigenvalue weighted by molar-refractivity contribution is -0.135. The number of piperazine rings is 1. The average Bonchev–Trinajstić information content (AvgIpc) is 3.31. The molecule has 0 saturated carbocycles. The molecule has 1 atom stereocenters. The zero-order valence-electron chi connectivity index (χ0n) is 14.0. The van der Waals surface area contributed by atoms with Crippen molar-refractivity contribution in [3.05, 3.63) is 23.5 Å². The predicted octanol–water partition coefficient (Wildman–Crippen LogP) is 0.655. The van der Waals surface area contributed by atoms with Crippen LogP contribution >= 0.6 is 0 Å². The summed E-state index contributed by atoms with van der Waals surface area (Å²) in [6.45, 7) is 6.28. The topological polar surface area (TPSA) is 83.4 Å². The lowest BCUT2D eigenvalue weighted by Gasteiger charge is -2.38. The largest absolute Gasteiger partial charge is 0.356 e. The summed E-state index contributed by atoms with van der Waals surface area (Å²) in [6.07, 6.45) is 3.74. The van der Waals surface area contributed by atoms with Crippen LogP contribution in [-0.2, 0) is 4.79 Å². The first-order valence-corrected chi connectivity index (χ1v) is 8.51. The summed E-state index contributed by atoms with van der Waals surface area (Å²) in [7, 11) is 0. The first-order valence-electron chi connectivity index (χ1n) is 8.51. The van der Waals surface area contributed by atoms with Crippen LogP contribution in [0, 0.1) is 11.3 Å². The van der Waals surface area contributed by atoms with Crippen molar-refractivity contribution in [1.82, 2.24) is 19.7 Å². The molecule has 1 aromatic rings. The minimum Gasteiger partial charge on any atom is -0.356 e. The Morgan fingerprint density at radius 1 is 1.12 bits per heavy atom. The molecule has 2 aliphatic heterocycles. The standard InChI is InChI=1S/C17H23N5O2/c1-13(16(23)21-4-2-3-5-21)20-6-8-22(9-7-20)17(24)15-10-14(11-18)12-19-15/h10,12-13,19H,2-9H2,1H3. The maximum absolute atomic E-state index is 12.5. The highest BCUT2D eigenvalue weighted by Gasteiger charge is 2.31. The molecule has 7 nitrogen and oxygen atoms in total. The number of nitrogens with zero attached hydrogens (tertiary/aromatic N) is 4. The summed E-state index contributed by atoms with van der Waals surface area (Å²) < 4.78 is 0. The molecule has 3 heterocycles. The molecule has 7 heteroatoms. The number of hydrogen-bond donors (Lipinski definition) is 1. The maximum atomic E-state index is 12.5. The molecule has 0 bridgehead atoms. The number of carbonyl (C=O) groups is 2. The Morgan fingerprint density at radius 3 is 2.38 bits per heavy atom. The summed E-state index contributed by atoms with van der Waals surface area (Å²) in [5.41, 5.74) is 0.906. The fourth-order valence-corrected chi connectivity index (χ4v) is 3.42. The first-order chi connectivity index (χ1) is 11.6. The van der Waals surface area contributed by atoms with Crippen LogP contribution in [-0.4, -0.2) is 76.8 Å². The molecular formula is C17H23N5O2. The SMILES string of the molecule is CC(C(=O)N1CCCC1)N1CCN(C(=O)c2cc(C#N)c[nH]2)CC1. The van der Waals surface area contributed by atoms with Gasteiger partial charge in [0.1, 0.15) is 11.8 Å². The second-order valence-corrected chi connectivity index (χ2v) is 6.45. The van der Waals surface area contributed by atoms with Gasteiger partial charge in [0.2, 0.25) is 5.91 Å². The zero-order chi connectivity index (χ0) is 17.1.